The summed E-state index contributed by atoms with van der Waals surface area (Å²) >= 11 is 11.8. The maximum Gasteiger partial charge on any atom is 0.321 e. The summed E-state index contributed by atoms with van der Waals surface area (Å²) in [5.41, 5.74) is 2.31. The van der Waals surface area contributed by atoms with Crippen LogP contribution in [0, 0.1) is 6.92 Å². The van der Waals surface area contributed by atoms with Gasteiger partial charge in [-0.05, 0) is 60.5 Å². The Hall–Kier alpha value is -2.89. The predicted molar refractivity (Wildman–Crippen MR) is 107 cm³/mol. The molecule has 2 aromatic carbocycles. The van der Waals surface area contributed by atoms with Crippen LogP contribution in [0.15, 0.2) is 60.9 Å². The highest BCUT2D eigenvalue weighted by Gasteiger charge is 2.06. The lowest BCUT2D eigenvalue weighted by molar-refractivity contribution is -0.111. The Morgan fingerprint density at radius 2 is 1.85 bits per heavy atom. The number of amides is 1. The van der Waals surface area contributed by atoms with Crippen LogP contribution in [0.3, 0.4) is 0 Å². The number of aryl methyl sites for hydroxylation is 1. The number of benzene rings is 2. The Morgan fingerprint density at radius 3 is 2.56 bits per heavy atom. The van der Waals surface area contributed by atoms with E-state index < -0.39 is 0 Å². The van der Waals surface area contributed by atoms with Crippen molar-refractivity contribution in [2.24, 2.45) is 0 Å². The maximum absolute atomic E-state index is 12.2. The van der Waals surface area contributed by atoms with E-state index in [-0.39, 0.29) is 11.9 Å². The number of halogens is 2. The lowest BCUT2D eigenvalue weighted by atomic mass is 10.2. The van der Waals surface area contributed by atoms with Crippen LogP contribution < -0.4 is 10.1 Å². The summed E-state index contributed by atoms with van der Waals surface area (Å²) in [6, 6.07) is 12.4. The van der Waals surface area contributed by atoms with E-state index in [1.807, 2.05) is 6.92 Å². The molecule has 0 aliphatic rings. The van der Waals surface area contributed by atoms with Crippen molar-refractivity contribution in [1.82, 2.24) is 9.97 Å². The van der Waals surface area contributed by atoms with Crippen molar-refractivity contribution in [2.45, 2.75) is 6.92 Å². The topological polar surface area (TPSA) is 64.1 Å². The number of anilines is 1. The van der Waals surface area contributed by atoms with Gasteiger partial charge in [0.1, 0.15) is 5.75 Å². The van der Waals surface area contributed by atoms with Gasteiger partial charge in [-0.2, -0.15) is 0 Å². The van der Waals surface area contributed by atoms with Gasteiger partial charge in [0, 0.05) is 24.2 Å². The third kappa shape index (κ3) is 5.29. The third-order valence-corrected chi connectivity index (χ3v) is 4.32. The zero-order valence-electron chi connectivity index (χ0n) is 14.3. The molecule has 0 fully saturated rings. The summed E-state index contributed by atoms with van der Waals surface area (Å²) in [4.78, 5) is 20.2. The summed E-state index contributed by atoms with van der Waals surface area (Å²) in [6.07, 6.45) is 6.30. The highest BCUT2D eigenvalue weighted by atomic mass is 35.5. The molecular weight excluding hydrogens is 385 g/mol. The second kappa shape index (κ2) is 8.66. The monoisotopic (exact) mass is 399 g/mol. The molecule has 1 amide bonds. The van der Waals surface area contributed by atoms with E-state index in [0.717, 1.165) is 11.1 Å². The normalized spacial score (nSPS) is 10.8. The summed E-state index contributed by atoms with van der Waals surface area (Å²) in [5.74, 6) is 0.326. The first-order valence-corrected chi connectivity index (χ1v) is 8.76. The van der Waals surface area contributed by atoms with E-state index >= 15 is 0 Å². The molecule has 0 atom stereocenters. The van der Waals surface area contributed by atoms with Crippen LogP contribution in [0.4, 0.5) is 5.69 Å². The number of carbonyl (C=O) groups is 1. The number of nitrogens with one attached hydrogen (secondary N) is 1. The van der Waals surface area contributed by atoms with Crippen LogP contribution in [0.5, 0.6) is 11.8 Å². The quantitative estimate of drug-likeness (QED) is 0.572. The second-order valence-electron chi connectivity index (χ2n) is 5.61. The van der Waals surface area contributed by atoms with Crippen LogP contribution in [0.1, 0.15) is 11.1 Å². The zero-order valence-corrected chi connectivity index (χ0v) is 15.8. The van der Waals surface area contributed by atoms with Gasteiger partial charge in [-0.1, -0.05) is 29.3 Å². The minimum atomic E-state index is -0.260. The van der Waals surface area contributed by atoms with Crippen molar-refractivity contribution in [2.75, 3.05) is 5.32 Å². The lowest BCUT2D eigenvalue weighted by Gasteiger charge is -2.09. The smallest absolute Gasteiger partial charge is 0.321 e. The van der Waals surface area contributed by atoms with Gasteiger partial charge >= 0.3 is 6.01 Å². The van der Waals surface area contributed by atoms with Crippen molar-refractivity contribution in [3.05, 3.63) is 82.1 Å². The Kier molecular flexibility index (Phi) is 6.06. The third-order valence-electron chi connectivity index (χ3n) is 3.58. The minimum Gasteiger partial charge on any atom is -0.424 e. The van der Waals surface area contributed by atoms with Gasteiger partial charge in [0.15, 0.2) is 0 Å². The van der Waals surface area contributed by atoms with Gasteiger partial charge in [-0.25, -0.2) is 9.97 Å². The highest BCUT2D eigenvalue weighted by molar-refractivity contribution is 6.42. The molecule has 0 saturated carbocycles. The fraction of sp³-hybridized carbons (Fsp3) is 0.0500. The van der Waals surface area contributed by atoms with Gasteiger partial charge in [-0.3, -0.25) is 4.79 Å². The molecule has 0 unspecified atom stereocenters. The second-order valence-corrected chi connectivity index (χ2v) is 6.42. The number of hydrogen-bond acceptors (Lipinski definition) is 4. The van der Waals surface area contributed by atoms with Crippen LogP contribution in [0.2, 0.25) is 10.0 Å². The van der Waals surface area contributed by atoms with Crippen LogP contribution >= 0.6 is 23.2 Å². The van der Waals surface area contributed by atoms with E-state index in [9.17, 15) is 4.79 Å². The lowest BCUT2D eigenvalue weighted by Crippen LogP contribution is -2.09. The van der Waals surface area contributed by atoms with Gasteiger partial charge in [0.05, 0.1) is 10.0 Å². The van der Waals surface area contributed by atoms with Crippen LogP contribution in [-0.2, 0) is 4.79 Å². The Balaban J connectivity index is 1.65. The molecule has 0 aliphatic carbocycles. The molecule has 0 saturated heterocycles. The van der Waals surface area contributed by atoms with Gasteiger partial charge in [0.25, 0.3) is 0 Å². The molecule has 0 radical (unpaired) electrons. The number of aromatic nitrogens is 2. The molecule has 1 aromatic heterocycles. The predicted octanol–water partition coefficient (Wildman–Crippen LogP) is 5.54. The summed E-state index contributed by atoms with van der Waals surface area (Å²) in [5, 5.41) is 3.73. The fourth-order valence-electron chi connectivity index (χ4n) is 2.25. The number of rotatable bonds is 5. The van der Waals surface area contributed by atoms with E-state index in [0.29, 0.717) is 21.5 Å². The molecule has 136 valence electrons. The largest absolute Gasteiger partial charge is 0.424 e. The molecule has 3 aromatic rings. The van der Waals surface area contributed by atoms with Gasteiger partial charge < -0.3 is 10.1 Å². The summed E-state index contributed by atoms with van der Waals surface area (Å²) in [6.45, 7) is 1.87. The molecule has 27 heavy (non-hydrogen) atoms. The Labute approximate surface area is 166 Å². The van der Waals surface area contributed by atoms with Gasteiger partial charge in [0.2, 0.25) is 5.91 Å². The average Bonchev–Trinajstić information content (AvgIpc) is 2.66. The highest BCUT2D eigenvalue weighted by Crippen LogP contribution is 2.25. The fourth-order valence-corrected chi connectivity index (χ4v) is 2.55. The molecule has 0 bridgehead atoms. The number of hydrogen-bond donors (Lipinski definition) is 1. The molecular formula is C20H15Cl2N3O2. The van der Waals surface area contributed by atoms with E-state index in [2.05, 4.69) is 15.3 Å². The van der Waals surface area contributed by atoms with E-state index in [1.54, 1.807) is 60.9 Å². The number of carbonyl (C=O) groups excluding carboxylic acids is 1. The molecule has 0 aliphatic heterocycles. The first kappa shape index (κ1) is 18.9. The summed E-state index contributed by atoms with van der Waals surface area (Å²) in [7, 11) is 0. The standard InChI is InChI=1S/C20H15Cl2N3O2/c1-13-11-15(27-20-23-9-2-10-24-20)5-7-18(13)25-19(26)8-4-14-3-6-16(21)17(22)12-14/h2-12H,1H3,(H,25,26)/b8-4+. The molecule has 0 spiro atoms. The van der Waals surface area contributed by atoms with Crippen LogP contribution in [0.25, 0.3) is 6.08 Å². The van der Waals surface area contributed by atoms with Crippen molar-refractivity contribution < 1.29 is 9.53 Å². The molecule has 5 nitrogen and oxygen atoms in total. The Morgan fingerprint density at radius 1 is 1.07 bits per heavy atom. The van der Waals surface area contributed by atoms with Crippen molar-refractivity contribution in [3.63, 3.8) is 0 Å². The van der Waals surface area contributed by atoms with Crippen molar-refractivity contribution in [3.8, 4) is 11.8 Å². The average molecular weight is 400 g/mol. The molecule has 3 rings (SSSR count). The minimum absolute atomic E-state index is 0.260. The van der Waals surface area contributed by atoms with Gasteiger partial charge in [-0.15, -0.1) is 0 Å². The molecule has 1 N–H and O–H groups in total. The first-order valence-electron chi connectivity index (χ1n) is 8.01. The number of ether oxygens (including phenoxy) is 1. The maximum atomic E-state index is 12.2. The zero-order chi connectivity index (χ0) is 19.2. The first-order chi connectivity index (χ1) is 13.0. The summed E-state index contributed by atoms with van der Waals surface area (Å²) < 4.78 is 5.57. The molecule has 7 heteroatoms. The van der Waals surface area contributed by atoms with E-state index in [1.165, 1.54) is 6.08 Å². The SMILES string of the molecule is Cc1cc(Oc2ncccn2)ccc1NC(=O)/C=C/c1ccc(Cl)c(Cl)c1. The van der Waals surface area contributed by atoms with Crippen LogP contribution in [-0.4, -0.2) is 15.9 Å². The van der Waals surface area contributed by atoms with Crippen molar-refractivity contribution in [1.29, 1.82) is 0 Å². The molecule has 1 heterocycles. The Bertz CT molecular complexity index is 992. The van der Waals surface area contributed by atoms with E-state index in [4.69, 9.17) is 27.9 Å². The number of nitrogens with zero attached hydrogens (tertiary/aromatic N) is 2. The van der Waals surface area contributed by atoms with Crippen molar-refractivity contribution >= 4 is 40.9 Å².